The third-order valence-corrected chi connectivity index (χ3v) is 4.69. The van der Waals surface area contributed by atoms with Crippen LogP contribution in [0.4, 0.5) is 0 Å². The highest BCUT2D eigenvalue weighted by Crippen LogP contribution is 2.19. The van der Waals surface area contributed by atoms with E-state index >= 15 is 0 Å². The first-order valence-electron chi connectivity index (χ1n) is 8.85. The smallest absolute Gasteiger partial charge is 0.251 e. The van der Waals surface area contributed by atoms with Crippen molar-refractivity contribution in [3.05, 3.63) is 81.1 Å². The molecule has 0 aliphatic rings. The molecule has 3 aromatic rings. The standard InChI is InChI=1S/C22H24N2O2/c1-15-11-16(2)19-13-18(22(26)23-20(19)12-15)9-10-21(25)24(3)14-17-7-5-4-6-8-17/h4-8,11-13H,9-10,14H2,1-3H3,(H,23,26). The number of aromatic amines is 1. The number of hydrogen-bond donors (Lipinski definition) is 1. The van der Waals surface area contributed by atoms with Gasteiger partial charge < -0.3 is 9.88 Å². The SMILES string of the molecule is Cc1cc(C)c2cc(CCC(=O)N(C)Cc3ccccc3)c(=O)[nH]c2c1. The number of aryl methyl sites for hydroxylation is 3. The second kappa shape index (κ2) is 7.56. The maximum atomic E-state index is 12.4. The van der Waals surface area contributed by atoms with Crippen molar-refractivity contribution in [3.8, 4) is 0 Å². The molecule has 4 heteroatoms. The number of nitrogens with one attached hydrogen (secondary N) is 1. The summed E-state index contributed by atoms with van der Waals surface area (Å²) < 4.78 is 0. The molecule has 0 spiro atoms. The summed E-state index contributed by atoms with van der Waals surface area (Å²) >= 11 is 0. The maximum absolute atomic E-state index is 12.4. The minimum Gasteiger partial charge on any atom is -0.341 e. The molecule has 26 heavy (non-hydrogen) atoms. The number of hydrogen-bond acceptors (Lipinski definition) is 2. The number of rotatable bonds is 5. The summed E-state index contributed by atoms with van der Waals surface area (Å²) in [6.45, 7) is 4.63. The third kappa shape index (κ3) is 4.02. The zero-order valence-corrected chi connectivity index (χ0v) is 15.5. The Labute approximate surface area is 153 Å². The molecule has 0 aliphatic carbocycles. The van der Waals surface area contributed by atoms with Gasteiger partial charge >= 0.3 is 0 Å². The molecule has 134 valence electrons. The molecule has 0 fully saturated rings. The molecule has 0 atom stereocenters. The lowest BCUT2D eigenvalue weighted by Gasteiger charge is -2.17. The minimum absolute atomic E-state index is 0.0361. The number of fused-ring (bicyclic) bond motifs is 1. The molecule has 0 radical (unpaired) electrons. The number of pyridine rings is 1. The number of carbonyl (C=O) groups excluding carboxylic acids is 1. The predicted octanol–water partition coefficient (Wildman–Crippen LogP) is 3.74. The lowest BCUT2D eigenvalue weighted by molar-refractivity contribution is -0.130. The first kappa shape index (κ1) is 17.9. The Morgan fingerprint density at radius 3 is 2.54 bits per heavy atom. The van der Waals surface area contributed by atoms with Crippen molar-refractivity contribution in [2.45, 2.75) is 33.2 Å². The van der Waals surface area contributed by atoms with Crippen molar-refractivity contribution in [1.82, 2.24) is 9.88 Å². The van der Waals surface area contributed by atoms with Gasteiger partial charge in [0.2, 0.25) is 5.91 Å². The molecule has 4 nitrogen and oxygen atoms in total. The van der Waals surface area contributed by atoms with E-state index in [1.807, 2.05) is 56.3 Å². The highest BCUT2D eigenvalue weighted by atomic mass is 16.2. The highest BCUT2D eigenvalue weighted by Gasteiger charge is 2.12. The molecule has 3 rings (SSSR count). The first-order valence-corrected chi connectivity index (χ1v) is 8.85. The second-order valence-electron chi connectivity index (χ2n) is 6.90. The third-order valence-electron chi connectivity index (χ3n) is 4.69. The van der Waals surface area contributed by atoms with E-state index in [9.17, 15) is 9.59 Å². The molecule has 1 amide bonds. The fourth-order valence-electron chi connectivity index (χ4n) is 3.28. The van der Waals surface area contributed by atoms with E-state index < -0.39 is 0 Å². The van der Waals surface area contributed by atoms with Crippen molar-refractivity contribution >= 4 is 16.8 Å². The summed E-state index contributed by atoms with van der Waals surface area (Å²) in [5, 5.41) is 1.04. The normalized spacial score (nSPS) is 10.9. The predicted molar refractivity (Wildman–Crippen MR) is 105 cm³/mol. The number of nitrogens with zero attached hydrogens (tertiary/aromatic N) is 1. The summed E-state index contributed by atoms with van der Waals surface area (Å²) in [5.41, 5.74) is 4.75. The summed E-state index contributed by atoms with van der Waals surface area (Å²) in [7, 11) is 1.80. The molecular weight excluding hydrogens is 324 g/mol. The van der Waals surface area contributed by atoms with Crippen LogP contribution < -0.4 is 5.56 Å². The van der Waals surface area contributed by atoms with E-state index in [4.69, 9.17) is 0 Å². The molecule has 0 saturated carbocycles. The zero-order chi connectivity index (χ0) is 18.7. The van der Waals surface area contributed by atoms with Gasteiger partial charge in [-0.25, -0.2) is 0 Å². The number of aromatic nitrogens is 1. The maximum Gasteiger partial charge on any atom is 0.251 e. The van der Waals surface area contributed by atoms with Crippen molar-refractivity contribution in [3.63, 3.8) is 0 Å². The lowest BCUT2D eigenvalue weighted by atomic mass is 10.0. The quantitative estimate of drug-likeness (QED) is 0.764. The molecule has 1 N–H and O–H groups in total. The van der Waals surface area contributed by atoms with E-state index in [2.05, 4.69) is 11.1 Å². The van der Waals surface area contributed by atoms with Gasteiger partial charge in [0.15, 0.2) is 0 Å². The number of amides is 1. The van der Waals surface area contributed by atoms with Crippen molar-refractivity contribution < 1.29 is 4.79 Å². The topological polar surface area (TPSA) is 53.2 Å². The van der Waals surface area contributed by atoms with Crippen LogP contribution in [-0.2, 0) is 17.8 Å². The molecule has 1 heterocycles. The van der Waals surface area contributed by atoms with E-state index in [0.717, 1.165) is 27.6 Å². The Bertz CT molecular complexity index is 990. The fraction of sp³-hybridized carbons (Fsp3) is 0.273. The Balaban J connectivity index is 1.72. The van der Waals surface area contributed by atoms with Crippen LogP contribution in [0, 0.1) is 13.8 Å². The lowest BCUT2D eigenvalue weighted by Crippen LogP contribution is -2.27. The Morgan fingerprint density at radius 2 is 1.81 bits per heavy atom. The van der Waals surface area contributed by atoms with Crippen LogP contribution in [0.25, 0.3) is 10.9 Å². The van der Waals surface area contributed by atoms with Gasteiger partial charge in [0, 0.05) is 36.5 Å². The molecule has 0 aliphatic heterocycles. The van der Waals surface area contributed by atoms with Gasteiger partial charge in [-0.2, -0.15) is 0 Å². The van der Waals surface area contributed by atoms with Crippen LogP contribution in [0.5, 0.6) is 0 Å². The molecule has 0 saturated heterocycles. The van der Waals surface area contributed by atoms with Crippen LogP contribution >= 0.6 is 0 Å². The largest absolute Gasteiger partial charge is 0.341 e. The van der Waals surface area contributed by atoms with Gasteiger partial charge in [-0.1, -0.05) is 36.4 Å². The van der Waals surface area contributed by atoms with Crippen LogP contribution in [0.3, 0.4) is 0 Å². The number of carbonyl (C=O) groups is 1. The molecular formula is C22H24N2O2. The van der Waals surface area contributed by atoms with Gasteiger partial charge in [-0.3, -0.25) is 9.59 Å². The minimum atomic E-state index is -0.110. The summed E-state index contributed by atoms with van der Waals surface area (Å²) in [6, 6.07) is 15.9. The van der Waals surface area contributed by atoms with Crippen molar-refractivity contribution in [2.24, 2.45) is 0 Å². The number of H-pyrrole nitrogens is 1. The second-order valence-corrected chi connectivity index (χ2v) is 6.90. The van der Waals surface area contributed by atoms with Crippen LogP contribution in [0.15, 0.2) is 53.3 Å². The fourth-order valence-corrected chi connectivity index (χ4v) is 3.28. The van der Waals surface area contributed by atoms with Gasteiger partial charge in [0.1, 0.15) is 0 Å². The summed E-state index contributed by atoms with van der Waals surface area (Å²) in [5.74, 6) is 0.0361. The average molecular weight is 348 g/mol. The first-order chi connectivity index (χ1) is 12.4. The van der Waals surface area contributed by atoms with Crippen LogP contribution in [0.2, 0.25) is 0 Å². The average Bonchev–Trinajstić information content (AvgIpc) is 2.60. The van der Waals surface area contributed by atoms with Gasteiger partial charge in [-0.05, 0) is 49.1 Å². The molecule has 2 aromatic carbocycles. The van der Waals surface area contributed by atoms with Crippen molar-refractivity contribution in [1.29, 1.82) is 0 Å². The van der Waals surface area contributed by atoms with Gasteiger partial charge in [0.05, 0.1) is 0 Å². The summed E-state index contributed by atoms with van der Waals surface area (Å²) in [6.07, 6.45) is 0.763. The Kier molecular flexibility index (Phi) is 5.21. The van der Waals surface area contributed by atoms with E-state index in [1.54, 1.807) is 11.9 Å². The molecule has 1 aromatic heterocycles. The Morgan fingerprint density at radius 1 is 1.08 bits per heavy atom. The van der Waals surface area contributed by atoms with E-state index in [1.165, 1.54) is 0 Å². The molecule has 0 unspecified atom stereocenters. The van der Waals surface area contributed by atoms with E-state index in [-0.39, 0.29) is 11.5 Å². The number of benzene rings is 2. The van der Waals surface area contributed by atoms with Crippen LogP contribution in [0.1, 0.15) is 28.7 Å². The highest BCUT2D eigenvalue weighted by molar-refractivity contribution is 5.83. The monoisotopic (exact) mass is 348 g/mol. The van der Waals surface area contributed by atoms with Crippen molar-refractivity contribution in [2.75, 3.05) is 7.05 Å². The Hall–Kier alpha value is -2.88. The van der Waals surface area contributed by atoms with Gasteiger partial charge in [0.25, 0.3) is 5.56 Å². The molecule has 0 bridgehead atoms. The van der Waals surface area contributed by atoms with E-state index in [0.29, 0.717) is 24.9 Å². The summed E-state index contributed by atoms with van der Waals surface area (Å²) in [4.78, 5) is 29.4. The van der Waals surface area contributed by atoms with Crippen LogP contribution in [-0.4, -0.2) is 22.8 Å². The van der Waals surface area contributed by atoms with Gasteiger partial charge in [-0.15, -0.1) is 0 Å². The zero-order valence-electron chi connectivity index (χ0n) is 15.5.